The normalized spacial score (nSPS) is 14.8. The molecule has 0 unspecified atom stereocenters. The van der Waals surface area contributed by atoms with Gasteiger partial charge < -0.3 is 9.47 Å². The fraction of sp³-hybridized carbons (Fsp3) is 0.171. The maximum Gasteiger partial charge on any atom is 0.338 e. The highest BCUT2D eigenvalue weighted by Crippen LogP contribution is 2.32. The number of hydrogen-bond donors (Lipinski definition) is 0. The minimum atomic E-state index is -0.647. The highest BCUT2D eigenvalue weighted by atomic mass is 127. The summed E-state index contributed by atoms with van der Waals surface area (Å²) < 4.78 is 16.0. The highest BCUT2D eigenvalue weighted by molar-refractivity contribution is 14.1. The number of esters is 1. The number of carbonyl (C=O) groups is 1. The summed E-state index contributed by atoms with van der Waals surface area (Å²) in [6.45, 7) is 6.19. The van der Waals surface area contributed by atoms with E-state index in [0.717, 1.165) is 40.2 Å². The molecule has 2 heterocycles. The van der Waals surface area contributed by atoms with Crippen LogP contribution in [0.25, 0.3) is 16.8 Å². The summed E-state index contributed by atoms with van der Waals surface area (Å²) in [5.74, 6) is 0.244. The summed E-state index contributed by atoms with van der Waals surface area (Å²) >= 11 is 5.88. The lowest BCUT2D eigenvalue weighted by atomic mass is 9.95. The van der Waals surface area contributed by atoms with E-state index in [0.29, 0.717) is 33.0 Å². The van der Waals surface area contributed by atoms with Gasteiger partial charge in [0.05, 0.1) is 32.0 Å². The average Bonchev–Trinajstić information content (AvgIpc) is 3.30. The Kier molecular flexibility index (Phi) is 9.06. The van der Waals surface area contributed by atoms with Crippen LogP contribution in [0.15, 0.2) is 99.9 Å². The molecule has 0 spiro atoms. The molecule has 9 heteroatoms. The van der Waals surface area contributed by atoms with Crippen molar-refractivity contribution < 1.29 is 14.3 Å². The van der Waals surface area contributed by atoms with E-state index >= 15 is 0 Å². The van der Waals surface area contributed by atoms with Crippen LogP contribution in [0, 0.1) is 14.1 Å². The van der Waals surface area contributed by atoms with Crippen molar-refractivity contribution in [1.29, 1.82) is 0 Å². The van der Waals surface area contributed by atoms with Crippen LogP contribution in [0.2, 0.25) is 0 Å². The first kappa shape index (κ1) is 30.7. The molecule has 0 saturated carbocycles. The van der Waals surface area contributed by atoms with Gasteiger partial charge in [-0.25, -0.2) is 9.79 Å². The quantitative estimate of drug-likeness (QED) is 0.131. The summed E-state index contributed by atoms with van der Waals surface area (Å²) in [6.07, 6.45) is 1.88. The maximum atomic E-state index is 14.2. The molecule has 222 valence electrons. The second kappa shape index (κ2) is 13.0. The molecule has 5 aromatic rings. The Morgan fingerprint density at radius 3 is 2.55 bits per heavy atom. The summed E-state index contributed by atoms with van der Waals surface area (Å²) in [7, 11) is 0. The van der Waals surface area contributed by atoms with E-state index in [4.69, 9.17) is 14.5 Å². The van der Waals surface area contributed by atoms with E-state index in [-0.39, 0.29) is 12.2 Å². The third kappa shape index (κ3) is 6.01. The van der Waals surface area contributed by atoms with Crippen molar-refractivity contribution in [3.8, 4) is 5.75 Å². The SMILES string of the molecule is CCOC(=O)C1=C(C)N=c2s/c(=C\c3cc(I)cc(I)c3OCc3cccc4ccccc34)c(=O)n2[C@H]1c1ccc(C)cc1. The number of aryl methyl sites for hydroxylation is 1. The number of aromatic nitrogens is 1. The Labute approximate surface area is 286 Å². The van der Waals surface area contributed by atoms with E-state index in [9.17, 15) is 9.59 Å². The van der Waals surface area contributed by atoms with Crippen molar-refractivity contribution in [3.05, 3.63) is 139 Å². The Bertz CT molecular complexity index is 2130. The number of thiazole rings is 1. The van der Waals surface area contributed by atoms with Gasteiger partial charge in [0, 0.05) is 9.13 Å². The number of nitrogens with zero attached hydrogens (tertiary/aromatic N) is 2. The smallest absolute Gasteiger partial charge is 0.338 e. The first-order chi connectivity index (χ1) is 21.2. The lowest BCUT2D eigenvalue weighted by molar-refractivity contribution is -0.139. The molecule has 0 bridgehead atoms. The van der Waals surface area contributed by atoms with Crippen LogP contribution in [-0.4, -0.2) is 17.1 Å². The van der Waals surface area contributed by atoms with E-state index in [2.05, 4.69) is 75.5 Å². The summed E-state index contributed by atoms with van der Waals surface area (Å²) in [5.41, 5.74) is 4.50. The largest absolute Gasteiger partial charge is 0.487 e. The van der Waals surface area contributed by atoms with Crippen LogP contribution in [0.5, 0.6) is 5.75 Å². The fourth-order valence-corrected chi connectivity index (χ4v) is 8.49. The van der Waals surface area contributed by atoms with Crippen LogP contribution < -0.4 is 19.6 Å². The standard InChI is InChI=1S/C35H28I2N2O4S/c1-4-42-34(41)30-21(3)38-35-39(31(30)23-14-12-20(2)13-15-23)33(40)29(44-35)17-25-16-26(36)18-28(37)32(25)43-19-24-10-7-9-22-8-5-6-11-27(22)24/h5-18,31H,4,19H2,1-3H3/b29-17-/t31-/m0/s1. The molecular weight excluding hydrogens is 798 g/mol. The van der Waals surface area contributed by atoms with E-state index in [1.54, 1.807) is 18.4 Å². The van der Waals surface area contributed by atoms with Crippen LogP contribution in [0.4, 0.5) is 0 Å². The summed E-state index contributed by atoms with van der Waals surface area (Å²) in [5, 5.41) is 2.31. The lowest BCUT2D eigenvalue weighted by Gasteiger charge is -2.24. The number of benzene rings is 4. The van der Waals surface area contributed by atoms with Crippen LogP contribution >= 0.6 is 56.5 Å². The third-order valence-electron chi connectivity index (χ3n) is 7.49. The zero-order valence-corrected chi connectivity index (χ0v) is 29.4. The topological polar surface area (TPSA) is 69.9 Å². The molecule has 4 aromatic carbocycles. The molecule has 0 saturated heterocycles. The predicted octanol–water partition coefficient (Wildman–Crippen LogP) is 7.05. The molecule has 0 fully saturated rings. The van der Waals surface area contributed by atoms with Gasteiger partial charge in [0.15, 0.2) is 4.80 Å². The number of ether oxygens (including phenoxy) is 2. The predicted molar refractivity (Wildman–Crippen MR) is 192 cm³/mol. The van der Waals surface area contributed by atoms with Crippen molar-refractivity contribution in [2.45, 2.75) is 33.4 Å². The second-order valence-corrected chi connectivity index (χ2v) is 13.9. The van der Waals surface area contributed by atoms with Crippen molar-refractivity contribution in [3.63, 3.8) is 0 Å². The second-order valence-electron chi connectivity index (χ2n) is 10.4. The summed E-state index contributed by atoms with van der Waals surface area (Å²) in [4.78, 5) is 32.6. The number of halogens is 2. The first-order valence-corrected chi connectivity index (χ1v) is 17.1. The Morgan fingerprint density at radius 1 is 1.02 bits per heavy atom. The number of carbonyl (C=O) groups excluding carboxylic acids is 1. The molecule has 0 N–H and O–H groups in total. The van der Waals surface area contributed by atoms with Crippen molar-refractivity contribution >= 4 is 79.3 Å². The van der Waals surface area contributed by atoms with Gasteiger partial charge in [-0.1, -0.05) is 83.6 Å². The monoisotopic (exact) mass is 826 g/mol. The molecule has 1 aromatic heterocycles. The Hall–Kier alpha value is -3.29. The van der Waals surface area contributed by atoms with E-state index < -0.39 is 12.0 Å². The minimum absolute atomic E-state index is 0.220. The van der Waals surface area contributed by atoms with Gasteiger partial charge in [-0.15, -0.1) is 0 Å². The van der Waals surface area contributed by atoms with E-state index in [1.165, 1.54) is 11.3 Å². The molecule has 1 aliphatic heterocycles. The fourth-order valence-electron chi connectivity index (χ4n) is 5.40. The Balaban J connectivity index is 1.46. The Morgan fingerprint density at radius 2 is 1.77 bits per heavy atom. The number of hydrogen-bond acceptors (Lipinski definition) is 6. The van der Waals surface area contributed by atoms with Crippen molar-refractivity contribution in [1.82, 2.24) is 4.57 Å². The molecule has 0 amide bonds. The zero-order valence-electron chi connectivity index (χ0n) is 24.3. The molecule has 0 aliphatic carbocycles. The molecule has 0 radical (unpaired) electrons. The number of fused-ring (bicyclic) bond motifs is 2. The van der Waals surface area contributed by atoms with Gasteiger partial charge in [-0.05, 0) is 106 Å². The van der Waals surface area contributed by atoms with Gasteiger partial charge in [0.1, 0.15) is 12.4 Å². The molecule has 6 rings (SSSR count). The van der Waals surface area contributed by atoms with Crippen LogP contribution in [-0.2, 0) is 16.1 Å². The lowest BCUT2D eigenvalue weighted by Crippen LogP contribution is -2.39. The first-order valence-electron chi connectivity index (χ1n) is 14.1. The summed E-state index contributed by atoms with van der Waals surface area (Å²) in [6, 6.07) is 25.8. The third-order valence-corrected chi connectivity index (χ3v) is 9.89. The van der Waals surface area contributed by atoms with E-state index in [1.807, 2.05) is 61.5 Å². The molecule has 6 nitrogen and oxygen atoms in total. The van der Waals surface area contributed by atoms with Gasteiger partial charge in [-0.2, -0.15) is 0 Å². The minimum Gasteiger partial charge on any atom is -0.487 e. The average molecular weight is 826 g/mol. The van der Waals surface area contributed by atoms with Gasteiger partial charge >= 0.3 is 5.97 Å². The van der Waals surface area contributed by atoms with Gasteiger partial charge in [0.2, 0.25) is 0 Å². The van der Waals surface area contributed by atoms with Gasteiger partial charge in [-0.3, -0.25) is 9.36 Å². The van der Waals surface area contributed by atoms with Crippen molar-refractivity contribution in [2.24, 2.45) is 4.99 Å². The maximum absolute atomic E-state index is 14.2. The van der Waals surface area contributed by atoms with Crippen LogP contribution in [0.1, 0.15) is 42.1 Å². The zero-order chi connectivity index (χ0) is 31.0. The van der Waals surface area contributed by atoms with Crippen LogP contribution in [0.3, 0.4) is 0 Å². The number of rotatable bonds is 7. The van der Waals surface area contributed by atoms with Gasteiger partial charge in [0.25, 0.3) is 5.56 Å². The molecule has 1 atom stereocenters. The molecule has 44 heavy (non-hydrogen) atoms. The molecule has 1 aliphatic rings. The molecular formula is C35H28I2N2O4S. The van der Waals surface area contributed by atoms with Crippen molar-refractivity contribution in [2.75, 3.05) is 6.61 Å². The highest BCUT2D eigenvalue weighted by Gasteiger charge is 2.33. The number of allylic oxidation sites excluding steroid dienone is 1.